The van der Waals surface area contributed by atoms with E-state index in [0.717, 1.165) is 16.7 Å². The van der Waals surface area contributed by atoms with Gasteiger partial charge in [-0.1, -0.05) is 5.92 Å². The van der Waals surface area contributed by atoms with E-state index in [0.29, 0.717) is 16.6 Å². The van der Waals surface area contributed by atoms with Crippen LogP contribution in [0.25, 0.3) is 6.08 Å². The molecule has 0 atom stereocenters. The summed E-state index contributed by atoms with van der Waals surface area (Å²) in [5, 5.41) is 10.2. The van der Waals surface area contributed by atoms with Gasteiger partial charge in [-0.15, -0.1) is 6.42 Å². The Hall–Kier alpha value is -2.44. The maximum absolute atomic E-state index is 12.2. The van der Waals surface area contributed by atoms with Gasteiger partial charge in [0.2, 0.25) is 0 Å². The molecule has 1 aromatic carbocycles. The van der Waals surface area contributed by atoms with Gasteiger partial charge in [0.15, 0.2) is 11.5 Å². The van der Waals surface area contributed by atoms with Crippen molar-refractivity contribution in [2.24, 2.45) is 0 Å². The lowest BCUT2D eigenvalue weighted by atomic mass is 10.2. The second-order valence-corrected chi connectivity index (χ2v) is 6.74. The minimum absolute atomic E-state index is 0.0914. The van der Waals surface area contributed by atoms with Crippen molar-refractivity contribution in [2.75, 3.05) is 19.8 Å². The second kappa shape index (κ2) is 8.78. The summed E-state index contributed by atoms with van der Waals surface area (Å²) in [6.45, 7) is 1.35. The van der Waals surface area contributed by atoms with Gasteiger partial charge in [-0.2, -0.15) is 0 Å². The summed E-state index contributed by atoms with van der Waals surface area (Å²) in [5.74, 6) is 0.921. The van der Waals surface area contributed by atoms with Crippen molar-refractivity contribution in [3.63, 3.8) is 0 Å². The van der Waals surface area contributed by atoms with Gasteiger partial charge in [0.1, 0.15) is 6.61 Å². The number of carboxylic acids is 1. The smallest absolute Gasteiger partial charge is 0.294 e. The Kier molecular flexibility index (Phi) is 6.71. The number of carbonyl (C=O) groups is 3. The number of imide groups is 1. The first-order valence-corrected chi connectivity index (χ1v) is 8.96. The monoisotopic (exact) mass is 438 g/mol. The molecule has 1 aliphatic rings. The van der Waals surface area contributed by atoms with Crippen molar-refractivity contribution in [3.8, 4) is 23.8 Å². The van der Waals surface area contributed by atoms with Crippen LogP contribution >= 0.6 is 27.7 Å². The number of terminal acetylenes is 1. The number of benzene rings is 1. The summed E-state index contributed by atoms with van der Waals surface area (Å²) >= 11 is 4.08. The van der Waals surface area contributed by atoms with Crippen LogP contribution in [-0.4, -0.2) is 41.8 Å². The molecule has 26 heavy (non-hydrogen) atoms. The predicted octanol–water partition coefficient (Wildman–Crippen LogP) is 1.65. The standard InChI is InChI=1S/C17H14BrNO6S/c1-3-5-19-16(22)13(26-17(19)23)8-10-6-11(18)15(25-9-14(20)21)12(7-10)24-4-2/h1,6-8H,4-5,9H2,2H3,(H,20,21)/p-1/b13-8-. The zero-order valence-electron chi connectivity index (χ0n) is 13.6. The highest BCUT2D eigenvalue weighted by molar-refractivity contribution is 9.10. The molecular weight excluding hydrogens is 426 g/mol. The zero-order valence-corrected chi connectivity index (χ0v) is 16.0. The fraction of sp³-hybridized carbons (Fsp3) is 0.235. The Bertz CT molecular complexity index is 829. The lowest BCUT2D eigenvalue weighted by Gasteiger charge is -2.15. The first kappa shape index (κ1) is 19.9. The number of ether oxygens (including phenoxy) is 2. The fourth-order valence-corrected chi connectivity index (χ4v) is 3.50. The molecule has 1 saturated heterocycles. The molecule has 0 spiro atoms. The number of aliphatic carboxylic acids is 1. The minimum atomic E-state index is -1.37. The van der Waals surface area contributed by atoms with Gasteiger partial charge in [0, 0.05) is 0 Å². The van der Waals surface area contributed by atoms with Crippen molar-refractivity contribution in [2.45, 2.75) is 6.92 Å². The lowest BCUT2D eigenvalue weighted by molar-refractivity contribution is -0.307. The third-order valence-corrected chi connectivity index (χ3v) is 4.58. The van der Waals surface area contributed by atoms with Crippen LogP contribution in [0.4, 0.5) is 4.79 Å². The van der Waals surface area contributed by atoms with E-state index in [4.69, 9.17) is 15.9 Å². The number of amides is 2. The molecule has 9 heteroatoms. The number of carbonyl (C=O) groups excluding carboxylic acids is 3. The van der Waals surface area contributed by atoms with Gasteiger partial charge in [0.25, 0.3) is 11.1 Å². The summed E-state index contributed by atoms with van der Waals surface area (Å²) in [5.41, 5.74) is 0.562. The maximum Gasteiger partial charge on any atom is 0.294 e. The highest BCUT2D eigenvalue weighted by Gasteiger charge is 2.34. The van der Waals surface area contributed by atoms with Crippen molar-refractivity contribution in [3.05, 3.63) is 27.1 Å². The molecule has 0 radical (unpaired) electrons. The number of carboxylic acid groups (broad SMARTS) is 1. The number of rotatable bonds is 7. The predicted molar refractivity (Wildman–Crippen MR) is 97.3 cm³/mol. The van der Waals surface area contributed by atoms with Crippen LogP contribution in [0, 0.1) is 12.3 Å². The van der Waals surface area contributed by atoms with E-state index < -0.39 is 23.7 Å². The van der Waals surface area contributed by atoms with Crippen LogP contribution in [0.2, 0.25) is 0 Å². The fourth-order valence-electron chi connectivity index (χ4n) is 2.08. The first-order chi connectivity index (χ1) is 12.4. The number of nitrogens with zero attached hydrogens (tertiary/aromatic N) is 1. The molecule has 0 aromatic heterocycles. The second-order valence-electron chi connectivity index (χ2n) is 4.90. The van der Waals surface area contributed by atoms with Gasteiger partial charge < -0.3 is 19.4 Å². The average molecular weight is 439 g/mol. The minimum Gasteiger partial charge on any atom is -0.546 e. The van der Waals surface area contributed by atoms with Gasteiger partial charge in [-0.25, -0.2) is 0 Å². The van der Waals surface area contributed by atoms with Crippen molar-refractivity contribution in [1.82, 2.24) is 4.90 Å². The van der Waals surface area contributed by atoms with Crippen LogP contribution in [0.1, 0.15) is 12.5 Å². The third-order valence-electron chi connectivity index (χ3n) is 3.09. The lowest BCUT2D eigenvalue weighted by Crippen LogP contribution is -2.29. The van der Waals surface area contributed by atoms with E-state index in [1.807, 2.05) is 0 Å². The van der Waals surface area contributed by atoms with Gasteiger partial charge in [-0.05, 0) is 58.4 Å². The first-order valence-electron chi connectivity index (χ1n) is 7.35. The molecule has 0 bridgehead atoms. The largest absolute Gasteiger partial charge is 0.546 e. The Morgan fingerprint density at radius 1 is 1.42 bits per heavy atom. The van der Waals surface area contributed by atoms with Gasteiger partial charge >= 0.3 is 0 Å². The van der Waals surface area contributed by atoms with E-state index >= 15 is 0 Å². The van der Waals surface area contributed by atoms with E-state index in [-0.39, 0.29) is 22.9 Å². The molecule has 0 N–H and O–H groups in total. The number of hydrogen-bond donors (Lipinski definition) is 0. The average Bonchev–Trinajstić information content (AvgIpc) is 2.82. The zero-order chi connectivity index (χ0) is 19.3. The molecule has 1 aromatic rings. The number of hydrogen-bond acceptors (Lipinski definition) is 7. The van der Waals surface area contributed by atoms with Crippen LogP contribution in [-0.2, 0) is 9.59 Å². The Balaban J connectivity index is 2.36. The van der Waals surface area contributed by atoms with E-state index in [2.05, 4.69) is 21.9 Å². The Labute approximate surface area is 162 Å². The van der Waals surface area contributed by atoms with Gasteiger partial charge in [-0.3, -0.25) is 14.5 Å². The summed E-state index contributed by atoms with van der Waals surface area (Å²) < 4.78 is 11.1. The van der Waals surface area contributed by atoms with Gasteiger partial charge in [0.05, 0.1) is 28.5 Å². The topological polar surface area (TPSA) is 96.0 Å². The number of halogens is 1. The maximum atomic E-state index is 12.2. The van der Waals surface area contributed by atoms with Crippen LogP contribution in [0.3, 0.4) is 0 Å². The molecule has 7 nitrogen and oxygen atoms in total. The molecule has 1 aliphatic heterocycles. The van der Waals surface area contributed by atoms with E-state index in [9.17, 15) is 19.5 Å². The summed E-state index contributed by atoms with van der Waals surface area (Å²) in [7, 11) is 0. The summed E-state index contributed by atoms with van der Waals surface area (Å²) in [4.78, 5) is 35.9. The van der Waals surface area contributed by atoms with Crippen molar-refractivity contribution < 1.29 is 29.0 Å². The third kappa shape index (κ3) is 4.59. The molecular formula is C17H13BrNO6S-. The molecule has 0 unspecified atom stereocenters. The normalized spacial score (nSPS) is 15.3. The van der Waals surface area contributed by atoms with Crippen LogP contribution < -0.4 is 14.6 Å². The van der Waals surface area contributed by atoms with Crippen molar-refractivity contribution >= 4 is 50.9 Å². The molecule has 1 fully saturated rings. The molecule has 1 heterocycles. The molecule has 0 aliphatic carbocycles. The Morgan fingerprint density at radius 3 is 2.77 bits per heavy atom. The Morgan fingerprint density at radius 2 is 2.15 bits per heavy atom. The summed E-state index contributed by atoms with van der Waals surface area (Å²) in [6.07, 6.45) is 6.69. The van der Waals surface area contributed by atoms with Crippen LogP contribution in [0.15, 0.2) is 21.5 Å². The molecule has 2 rings (SSSR count). The summed E-state index contributed by atoms with van der Waals surface area (Å²) in [6, 6.07) is 3.19. The SMILES string of the molecule is C#CCN1C(=O)S/C(=C\c2cc(Br)c(OCC(=O)[O-])c(OCC)c2)C1=O. The van der Waals surface area contributed by atoms with E-state index in [1.54, 1.807) is 19.1 Å². The molecule has 2 amide bonds. The highest BCUT2D eigenvalue weighted by atomic mass is 79.9. The highest BCUT2D eigenvalue weighted by Crippen LogP contribution is 2.39. The molecule has 0 saturated carbocycles. The van der Waals surface area contributed by atoms with Crippen LogP contribution in [0.5, 0.6) is 11.5 Å². The van der Waals surface area contributed by atoms with E-state index in [1.165, 1.54) is 6.08 Å². The number of thioether (sulfide) groups is 1. The van der Waals surface area contributed by atoms with Crippen molar-refractivity contribution in [1.29, 1.82) is 0 Å². The molecule has 136 valence electrons. The quantitative estimate of drug-likeness (QED) is 0.471.